The molecular formula is C11H10N2O4. The quantitative estimate of drug-likeness (QED) is 0.639. The third kappa shape index (κ3) is 2.54. The molecule has 0 fully saturated rings. The van der Waals surface area contributed by atoms with Gasteiger partial charge in [0, 0.05) is 6.07 Å². The number of nitrogens with zero attached hydrogens (tertiary/aromatic N) is 1. The average Bonchev–Trinajstić information content (AvgIpc) is 2.77. The van der Waals surface area contributed by atoms with Gasteiger partial charge >= 0.3 is 5.97 Å². The number of ether oxygens (including phenoxy) is 2. The van der Waals surface area contributed by atoms with Crippen molar-refractivity contribution in [3.63, 3.8) is 0 Å². The van der Waals surface area contributed by atoms with Gasteiger partial charge in [-0.1, -0.05) is 5.16 Å². The number of aromatic nitrogens is 1. The maximum Gasteiger partial charge on any atom is 0.382 e. The lowest BCUT2D eigenvalue weighted by atomic mass is 10.3. The van der Waals surface area contributed by atoms with Gasteiger partial charge in [0.2, 0.25) is 5.76 Å². The molecule has 88 valence electrons. The van der Waals surface area contributed by atoms with Crippen molar-refractivity contribution in [3.8, 4) is 11.5 Å². The molecule has 0 unspecified atom stereocenters. The molecule has 0 saturated heterocycles. The highest BCUT2D eigenvalue weighted by atomic mass is 16.6. The van der Waals surface area contributed by atoms with Gasteiger partial charge in [-0.15, -0.1) is 0 Å². The Morgan fingerprint density at radius 1 is 1.29 bits per heavy atom. The van der Waals surface area contributed by atoms with Crippen LogP contribution in [0.5, 0.6) is 11.5 Å². The maximum absolute atomic E-state index is 11.5. The topological polar surface area (TPSA) is 87.6 Å². The summed E-state index contributed by atoms with van der Waals surface area (Å²) in [5, 5.41) is 3.39. The zero-order valence-electron chi connectivity index (χ0n) is 9.04. The van der Waals surface area contributed by atoms with E-state index in [4.69, 9.17) is 15.2 Å². The number of carbonyl (C=O) groups excluding carboxylic acids is 1. The number of rotatable bonds is 3. The number of nitrogen functional groups attached to an aromatic ring is 1. The Balaban J connectivity index is 2.07. The predicted molar refractivity (Wildman–Crippen MR) is 58.9 cm³/mol. The number of methoxy groups -OCH3 is 1. The third-order valence-corrected chi connectivity index (χ3v) is 2.00. The first-order chi connectivity index (χ1) is 8.19. The summed E-state index contributed by atoms with van der Waals surface area (Å²) in [6, 6.07) is 7.87. The smallest absolute Gasteiger partial charge is 0.382 e. The minimum Gasteiger partial charge on any atom is -0.497 e. The average molecular weight is 234 g/mol. The minimum absolute atomic E-state index is 0.0432. The first-order valence-electron chi connectivity index (χ1n) is 4.77. The van der Waals surface area contributed by atoms with Gasteiger partial charge in [-0.3, -0.25) is 0 Å². The van der Waals surface area contributed by atoms with Gasteiger partial charge in [-0.05, 0) is 24.3 Å². The van der Waals surface area contributed by atoms with E-state index in [2.05, 4.69) is 9.68 Å². The molecule has 0 saturated carbocycles. The van der Waals surface area contributed by atoms with E-state index in [9.17, 15) is 4.79 Å². The fourth-order valence-corrected chi connectivity index (χ4v) is 1.19. The molecule has 1 heterocycles. The zero-order valence-corrected chi connectivity index (χ0v) is 9.04. The summed E-state index contributed by atoms with van der Waals surface area (Å²) in [6.45, 7) is 0. The van der Waals surface area contributed by atoms with Crippen LogP contribution in [-0.4, -0.2) is 18.2 Å². The highest BCUT2D eigenvalue weighted by molar-refractivity contribution is 5.88. The van der Waals surface area contributed by atoms with Gasteiger partial charge in [-0.25, -0.2) is 4.79 Å². The molecule has 0 radical (unpaired) electrons. The van der Waals surface area contributed by atoms with Crippen LogP contribution in [0.1, 0.15) is 10.6 Å². The third-order valence-electron chi connectivity index (χ3n) is 2.00. The standard InChI is InChI=1S/C11H10N2O4/c1-15-7-2-4-8(5-3-7)16-11(14)9-6-10(12)13-17-9/h2-6H,1H3,(H2,12,13). The number of carbonyl (C=O) groups is 1. The van der Waals surface area contributed by atoms with Gasteiger partial charge in [0.05, 0.1) is 7.11 Å². The van der Waals surface area contributed by atoms with Crippen LogP contribution in [0, 0.1) is 0 Å². The molecule has 0 bridgehead atoms. The number of esters is 1. The second-order valence-electron chi connectivity index (χ2n) is 3.18. The lowest BCUT2D eigenvalue weighted by molar-refractivity contribution is 0.0691. The van der Waals surface area contributed by atoms with Crippen LogP contribution < -0.4 is 15.2 Å². The first kappa shape index (κ1) is 11.0. The Labute approximate surface area is 96.9 Å². The Hall–Kier alpha value is -2.50. The molecule has 1 aromatic carbocycles. The molecule has 6 nitrogen and oxygen atoms in total. The molecule has 2 aromatic rings. The minimum atomic E-state index is -0.653. The number of nitrogens with two attached hydrogens (primary N) is 1. The summed E-state index contributed by atoms with van der Waals surface area (Å²) >= 11 is 0. The van der Waals surface area contributed by atoms with Crippen molar-refractivity contribution < 1.29 is 18.8 Å². The summed E-state index contributed by atoms with van der Waals surface area (Å²) < 4.78 is 14.7. The fourth-order valence-electron chi connectivity index (χ4n) is 1.19. The largest absolute Gasteiger partial charge is 0.497 e. The van der Waals surface area contributed by atoms with Crippen molar-refractivity contribution in [2.24, 2.45) is 0 Å². The van der Waals surface area contributed by atoms with Crippen molar-refractivity contribution in [3.05, 3.63) is 36.1 Å². The molecule has 0 atom stereocenters. The van der Waals surface area contributed by atoms with Crippen molar-refractivity contribution in [2.45, 2.75) is 0 Å². The van der Waals surface area contributed by atoms with Gasteiger partial charge in [-0.2, -0.15) is 0 Å². The lowest BCUT2D eigenvalue weighted by Crippen LogP contribution is -2.07. The Morgan fingerprint density at radius 2 is 1.94 bits per heavy atom. The van der Waals surface area contributed by atoms with E-state index in [0.717, 1.165) is 0 Å². The van der Waals surface area contributed by atoms with Crippen molar-refractivity contribution >= 4 is 11.8 Å². The fraction of sp³-hybridized carbons (Fsp3) is 0.0909. The second-order valence-corrected chi connectivity index (χ2v) is 3.18. The van der Waals surface area contributed by atoms with E-state index >= 15 is 0 Å². The number of hydrogen-bond acceptors (Lipinski definition) is 6. The Bertz CT molecular complexity index is 519. The zero-order chi connectivity index (χ0) is 12.3. The van der Waals surface area contributed by atoms with Crippen molar-refractivity contribution in [1.29, 1.82) is 0 Å². The summed E-state index contributed by atoms with van der Waals surface area (Å²) in [6.07, 6.45) is 0. The van der Waals surface area contributed by atoms with Gasteiger partial charge in [0.1, 0.15) is 11.5 Å². The van der Waals surface area contributed by atoms with E-state index in [-0.39, 0.29) is 11.6 Å². The monoisotopic (exact) mass is 234 g/mol. The molecule has 17 heavy (non-hydrogen) atoms. The van der Waals surface area contributed by atoms with Gasteiger partial charge in [0.15, 0.2) is 5.82 Å². The highest BCUT2D eigenvalue weighted by Gasteiger charge is 2.14. The van der Waals surface area contributed by atoms with E-state index in [1.54, 1.807) is 31.4 Å². The molecule has 0 amide bonds. The maximum atomic E-state index is 11.5. The van der Waals surface area contributed by atoms with Crippen LogP contribution in [0.3, 0.4) is 0 Å². The molecule has 0 spiro atoms. The van der Waals surface area contributed by atoms with E-state index in [1.165, 1.54) is 6.07 Å². The number of anilines is 1. The van der Waals surface area contributed by atoms with Crippen LogP contribution >= 0.6 is 0 Å². The van der Waals surface area contributed by atoms with E-state index in [1.807, 2.05) is 0 Å². The van der Waals surface area contributed by atoms with E-state index < -0.39 is 5.97 Å². The molecule has 0 aliphatic rings. The molecule has 2 rings (SSSR count). The Morgan fingerprint density at radius 3 is 2.47 bits per heavy atom. The summed E-state index contributed by atoms with van der Waals surface area (Å²) in [7, 11) is 1.55. The lowest BCUT2D eigenvalue weighted by Gasteiger charge is -2.02. The molecule has 0 aliphatic carbocycles. The predicted octanol–water partition coefficient (Wildman–Crippen LogP) is 1.48. The first-order valence-corrected chi connectivity index (χ1v) is 4.77. The van der Waals surface area contributed by atoms with Crippen LogP contribution in [0.4, 0.5) is 5.82 Å². The SMILES string of the molecule is COc1ccc(OC(=O)c2cc(N)no2)cc1. The van der Waals surface area contributed by atoms with Gasteiger partial charge in [0.25, 0.3) is 0 Å². The molecular weight excluding hydrogens is 224 g/mol. The highest BCUT2D eigenvalue weighted by Crippen LogP contribution is 2.18. The van der Waals surface area contributed by atoms with Crippen LogP contribution in [-0.2, 0) is 0 Å². The van der Waals surface area contributed by atoms with Crippen molar-refractivity contribution in [2.75, 3.05) is 12.8 Å². The van der Waals surface area contributed by atoms with Crippen LogP contribution in [0.25, 0.3) is 0 Å². The van der Waals surface area contributed by atoms with Crippen molar-refractivity contribution in [1.82, 2.24) is 5.16 Å². The molecule has 2 N–H and O–H groups in total. The number of benzene rings is 1. The van der Waals surface area contributed by atoms with Crippen LogP contribution in [0.15, 0.2) is 34.9 Å². The summed E-state index contributed by atoms with van der Waals surface area (Å²) in [5.41, 5.74) is 5.32. The number of hydrogen-bond donors (Lipinski definition) is 1. The second kappa shape index (κ2) is 4.56. The van der Waals surface area contributed by atoms with Gasteiger partial charge < -0.3 is 19.7 Å². The van der Waals surface area contributed by atoms with E-state index in [0.29, 0.717) is 11.5 Å². The normalized spacial score (nSPS) is 9.94. The molecule has 0 aliphatic heterocycles. The Kier molecular flexibility index (Phi) is 2.95. The summed E-state index contributed by atoms with van der Waals surface area (Å²) in [4.78, 5) is 11.5. The molecule has 1 aromatic heterocycles. The summed E-state index contributed by atoms with van der Waals surface area (Å²) in [5.74, 6) is 0.490. The van der Waals surface area contributed by atoms with Crippen LogP contribution in [0.2, 0.25) is 0 Å². The molecule has 6 heteroatoms.